The molecule has 118 valence electrons. The Bertz CT molecular complexity index is 269. The van der Waals surface area contributed by atoms with Crippen LogP contribution in [0.25, 0.3) is 0 Å². The SMILES string of the molecule is B[C@@H]1O[C@H](COC)C(OC)[C@@H]1OC[C@H](CN(C)C)OC. The second kappa shape index (κ2) is 8.97. The van der Waals surface area contributed by atoms with E-state index in [0.717, 1.165) is 6.54 Å². The van der Waals surface area contributed by atoms with Crippen LogP contribution >= 0.6 is 0 Å². The zero-order valence-electron chi connectivity index (χ0n) is 13.5. The molecule has 0 N–H and O–H groups in total. The molecule has 0 radical (unpaired) electrons. The van der Waals surface area contributed by atoms with Crippen molar-refractivity contribution in [3.05, 3.63) is 0 Å². The summed E-state index contributed by atoms with van der Waals surface area (Å²) in [7, 11) is 11.1. The van der Waals surface area contributed by atoms with Crippen LogP contribution in [0.2, 0.25) is 0 Å². The molecule has 1 heterocycles. The highest BCUT2D eigenvalue weighted by Gasteiger charge is 2.43. The molecule has 1 unspecified atom stereocenters. The summed E-state index contributed by atoms with van der Waals surface area (Å²) < 4.78 is 27.9. The smallest absolute Gasteiger partial charge is 0.142 e. The molecule has 1 aliphatic rings. The van der Waals surface area contributed by atoms with Crippen LogP contribution in [0.15, 0.2) is 0 Å². The summed E-state index contributed by atoms with van der Waals surface area (Å²) in [6.45, 7) is 1.85. The van der Waals surface area contributed by atoms with Crippen molar-refractivity contribution in [3.63, 3.8) is 0 Å². The molecule has 0 aromatic carbocycles. The molecular weight excluding hydrogens is 261 g/mol. The molecule has 0 saturated carbocycles. The van der Waals surface area contributed by atoms with Gasteiger partial charge in [-0.3, -0.25) is 0 Å². The van der Waals surface area contributed by atoms with Crippen molar-refractivity contribution >= 4 is 7.85 Å². The van der Waals surface area contributed by atoms with Gasteiger partial charge in [-0.2, -0.15) is 0 Å². The van der Waals surface area contributed by atoms with Crippen LogP contribution in [0.4, 0.5) is 0 Å². The van der Waals surface area contributed by atoms with Crippen molar-refractivity contribution in [2.75, 3.05) is 55.2 Å². The molecule has 1 aliphatic heterocycles. The van der Waals surface area contributed by atoms with Crippen LogP contribution in [0, 0.1) is 0 Å². The van der Waals surface area contributed by atoms with Gasteiger partial charge in [-0.1, -0.05) is 0 Å². The standard InChI is InChI=1S/C13H28BNO5/c1-15(2)6-9(17-4)7-19-12-11(18-5)10(8-16-3)20-13(12)14/h9-13H,6-8,14H2,1-5H3/t9-,10+,11?,12-,13+/m0/s1. The minimum atomic E-state index is -0.109. The number of hydrogen-bond donors (Lipinski definition) is 0. The summed E-state index contributed by atoms with van der Waals surface area (Å²) in [5.41, 5.74) is 0. The monoisotopic (exact) mass is 289 g/mol. The van der Waals surface area contributed by atoms with Crippen LogP contribution in [0.3, 0.4) is 0 Å². The summed E-state index contributed by atoms with van der Waals surface area (Å²) in [6, 6.07) is -0.0167. The molecule has 20 heavy (non-hydrogen) atoms. The van der Waals surface area contributed by atoms with E-state index in [1.165, 1.54) is 0 Å². The van der Waals surface area contributed by atoms with Crippen LogP contribution in [-0.4, -0.2) is 98.3 Å². The quantitative estimate of drug-likeness (QED) is 0.506. The first-order chi connectivity index (χ1) is 9.53. The van der Waals surface area contributed by atoms with E-state index in [1.807, 2.05) is 21.9 Å². The molecule has 0 aromatic rings. The Balaban J connectivity index is 2.51. The second-order valence-electron chi connectivity index (χ2n) is 5.45. The average Bonchev–Trinajstić information content (AvgIpc) is 2.70. The lowest BCUT2D eigenvalue weighted by molar-refractivity contribution is -0.0818. The zero-order chi connectivity index (χ0) is 15.1. The summed E-state index contributed by atoms with van der Waals surface area (Å²) in [5.74, 6) is 0. The van der Waals surface area contributed by atoms with Crippen molar-refractivity contribution in [1.82, 2.24) is 4.90 Å². The van der Waals surface area contributed by atoms with Gasteiger partial charge in [0.25, 0.3) is 0 Å². The Labute approximate surface area is 123 Å². The number of methoxy groups -OCH3 is 3. The van der Waals surface area contributed by atoms with Gasteiger partial charge in [-0.15, -0.1) is 0 Å². The highest BCUT2D eigenvalue weighted by atomic mass is 16.6. The first-order valence-corrected chi connectivity index (χ1v) is 6.99. The first-order valence-electron chi connectivity index (χ1n) is 6.99. The van der Waals surface area contributed by atoms with Crippen molar-refractivity contribution in [2.24, 2.45) is 0 Å². The highest BCUT2D eigenvalue weighted by Crippen LogP contribution is 2.25. The Kier molecular flexibility index (Phi) is 8.02. The third-order valence-electron chi connectivity index (χ3n) is 3.52. The third kappa shape index (κ3) is 4.98. The predicted molar refractivity (Wildman–Crippen MR) is 79.0 cm³/mol. The number of ether oxygens (including phenoxy) is 5. The van der Waals surface area contributed by atoms with Gasteiger partial charge in [-0.05, 0) is 14.1 Å². The number of nitrogens with zero attached hydrogens (tertiary/aromatic N) is 1. The fourth-order valence-electron chi connectivity index (χ4n) is 2.54. The Morgan fingerprint density at radius 1 is 1.20 bits per heavy atom. The Morgan fingerprint density at radius 3 is 2.40 bits per heavy atom. The Morgan fingerprint density at radius 2 is 1.90 bits per heavy atom. The van der Waals surface area contributed by atoms with E-state index in [-0.39, 0.29) is 30.4 Å². The van der Waals surface area contributed by atoms with Gasteiger partial charge in [0.2, 0.25) is 0 Å². The van der Waals surface area contributed by atoms with Crippen molar-refractivity contribution in [1.29, 1.82) is 0 Å². The van der Waals surface area contributed by atoms with E-state index in [0.29, 0.717) is 13.2 Å². The van der Waals surface area contributed by atoms with Crippen LogP contribution in [0.5, 0.6) is 0 Å². The van der Waals surface area contributed by atoms with Gasteiger partial charge < -0.3 is 28.6 Å². The fourth-order valence-corrected chi connectivity index (χ4v) is 2.54. The van der Waals surface area contributed by atoms with Crippen LogP contribution in [0.1, 0.15) is 0 Å². The molecule has 6 nitrogen and oxygen atoms in total. The summed E-state index contributed by atoms with van der Waals surface area (Å²) in [6.07, 6.45) is -0.252. The fraction of sp³-hybridized carbons (Fsp3) is 1.00. The molecule has 1 rings (SSSR count). The Hall–Kier alpha value is -0.175. The molecule has 0 bridgehead atoms. The average molecular weight is 289 g/mol. The minimum absolute atomic E-state index is 0.0167. The van der Waals surface area contributed by atoms with Crippen LogP contribution in [-0.2, 0) is 23.7 Å². The van der Waals surface area contributed by atoms with Gasteiger partial charge >= 0.3 is 0 Å². The number of likely N-dealkylation sites (N-methyl/N-ethyl adjacent to an activating group) is 1. The number of rotatable bonds is 9. The predicted octanol–water partition coefficient (Wildman–Crippen LogP) is -1.03. The molecule has 0 aliphatic carbocycles. The summed E-state index contributed by atoms with van der Waals surface area (Å²) in [4.78, 5) is 2.08. The van der Waals surface area contributed by atoms with E-state index >= 15 is 0 Å². The summed E-state index contributed by atoms with van der Waals surface area (Å²) >= 11 is 0. The topological polar surface area (TPSA) is 49.4 Å². The zero-order valence-corrected chi connectivity index (χ0v) is 13.5. The lowest BCUT2D eigenvalue weighted by atomic mass is 9.92. The molecule has 0 aromatic heterocycles. The van der Waals surface area contributed by atoms with Crippen molar-refractivity contribution in [2.45, 2.75) is 30.4 Å². The van der Waals surface area contributed by atoms with E-state index in [4.69, 9.17) is 23.7 Å². The van der Waals surface area contributed by atoms with E-state index in [2.05, 4.69) is 4.90 Å². The molecule has 1 saturated heterocycles. The maximum absolute atomic E-state index is 5.99. The minimum Gasteiger partial charge on any atom is -0.382 e. The van der Waals surface area contributed by atoms with Crippen LogP contribution < -0.4 is 0 Å². The molecule has 0 amide bonds. The largest absolute Gasteiger partial charge is 0.382 e. The molecule has 7 heteroatoms. The third-order valence-corrected chi connectivity index (χ3v) is 3.52. The maximum Gasteiger partial charge on any atom is 0.142 e. The van der Waals surface area contributed by atoms with Gasteiger partial charge in [0.15, 0.2) is 0 Å². The molecule has 1 fully saturated rings. The maximum atomic E-state index is 5.99. The normalized spacial score (nSPS) is 31.9. The van der Waals surface area contributed by atoms with E-state index in [1.54, 1.807) is 21.3 Å². The summed E-state index contributed by atoms with van der Waals surface area (Å²) in [5, 5.41) is 0. The lowest BCUT2D eigenvalue weighted by Crippen LogP contribution is -2.41. The van der Waals surface area contributed by atoms with Crippen molar-refractivity contribution in [3.8, 4) is 0 Å². The van der Waals surface area contributed by atoms with Crippen molar-refractivity contribution < 1.29 is 23.7 Å². The van der Waals surface area contributed by atoms with Gasteiger partial charge in [0.1, 0.15) is 26.2 Å². The first kappa shape index (κ1) is 17.9. The van der Waals surface area contributed by atoms with E-state index < -0.39 is 0 Å². The van der Waals surface area contributed by atoms with Gasteiger partial charge in [0.05, 0.1) is 25.3 Å². The number of hydrogen-bond acceptors (Lipinski definition) is 6. The van der Waals surface area contributed by atoms with Gasteiger partial charge in [-0.25, -0.2) is 0 Å². The molecular formula is C13H28BNO5. The molecule has 0 spiro atoms. The molecule has 5 atom stereocenters. The van der Waals surface area contributed by atoms with E-state index in [9.17, 15) is 0 Å². The highest BCUT2D eigenvalue weighted by molar-refractivity contribution is 6.11. The van der Waals surface area contributed by atoms with Gasteiger partial charge in [0, 0.05) is 27.9 Å². The lowest BCUT2D eigenvalue weighted by Gasteiger charge is -2.26. The second-order valence-corrected chi connectivity index (χ2v) is 5.45.